The van der Waals surface area contributed by atoms with Crippen LogP contribution in [0.4, 0.5) is 0 Å². The van der Waals surface area contributed by atoms with Crippen molar-refractivity contribution in [2.24, 2.45) is 5.41 Å². The van der Waals surface area contributed by atoms with Crippen molar-refractivity contribution in [1.82, 2.24) is 5.32 Å². The monoisotopic (exact) mass is 317 g/mol. The number of ether oxygens (including phenoxy) is 1. The first-order valence-electron chi connectivity index (χ1n) is 8.30. The van der Waals surface area contributed by atoms with E-state index < -0.39 is 0 Å². The van der Waals surface area contributed by atoms with Crippen LogP contribution >= 0.6 is 0 Å². The molecule has 0 aromatic heterocycles. The van der Waals surface area contributed by atoms with Crippen molar-refractivity contribution in [2.45, 2.75) is 58.1 Å². The van der Waals surface area contributed by atoms with Crippen LogP contribution in [0.3, 0.4) is 0 Å². The number of carbonyl (C=O) groups excluding carboxylic acids is 2. The SMILES string of the molecule is CO[C@@H]1CC[C@@H](NC(=O)CC(C)(C)CC(=O)c2ccccc2)C1. The van der Waals surface area contributed by atoms with E-state index in [4.69, 9.17) is 4.74 Å². The van der Waals surface area contributed by atoms with E-state index in [1.54, 1.807) is 7.11 Å². The minimum absolute atomic E-state index is 0.0256. The van der Waals surface area contributed by atoms with Gasteiger partial charge in [-0.15, -0.1) is 0 Å². The summed E-state index contributed by atoms with van der Waals surface area (Å²) in [4.78, 5) is 24.6. The zero-order valence-corrected chi connectivity index (χ0v) is 14.3. The number of methoxy groups -OCH3 is 1. The standard InChI is InChI=1S/C19H27NO3/c1-19(2,12-17(21)14-7-5-4-6-8-14)13-18(22)20-15-9-10-16(11-15)23-3/h4-8,15-16H,9-13H2,1-3H3,(H,20,22)/t15-,16-/m1/s1. The van der Waals surface area contributed by atoms with E-state index in [1.807, 2.05) is 44.2 Å². The smallest absolute Gasteiger partial charge is 0.220 e. The molecule has 0 aliphatic heterocycles. The van der Waals surface area contributed by atoms with Gasteiger partial charge in [-0.05, 0) is 24.7 Å². The minimum Gasteiger partial charge on any atom is -0.381 e. The second-order valence-corrected chi connectivity index (χ2v) is 7.24. The van der Waals surface area contributed by atoms with Gasteiger partial charge in [0.1, 0.15) is 0 Å². The van der Waals surface area contributed by atoms with E-state index in [1.165, 1.54) is 0 Å². The first-order valence-corrected chi connectivity index (χ1v) is 8.30. The van der Waals surface area contributed by atoms with Crippen LogP contribution in [0.5, 0.6) is 0 Å². The molecule has 4 nitrogen and oxygen atoms in total. The molecule has 1 aliphatic carbocycles. The lowest BCUT2D eigenvalue weighted by Gasteiger charge is -2.24. The Balaban J connectivity index is 1.83. The van der Waals surface area contributed by atoms with Crippen molar-refractivity contribution in [3.63, 3.8) is 0 Å². The highest BCUT2D eigenvalue weighted by Gasteiger charge is 2.29. The maximum absolute atomic E-state index is 12.3. The summed E-state index contributed by atoms with van der Waals surface area (Å²) in [6.07, 6.45) is 3.83. The third-order valence-electron chi connectivity index (χ3n) is 4.46. The molecule has 0 saturated heterocycles. The molecule has 2 rings (SSSR count). The molecular formula is C19H27NO3. The lowest BCUT2D eigenvalue weighted by Crippen LogP contribution is -2.36. The summed E-state index contributed by atoms with van der Waals surface area (Å²) in [5, 5.41) is 3.08. The number of amides is 1. The molecule has 1 N–H and O–H groups in total. The topological polar surface area (TPSA) is 55.4 Å². The number of Topliss-reactive ketones (excluding diaryl/α,β-unsaturated/α-hetero) is 1. The van der Waals surface area contributed by atoms with Gasteiger partial charge in [0.2, 0.25) is 5.91 Å². The Labute approximate surface area is 138 Å². The van der Waals surface area contributed by atoms with Gasteiger partial charge in [-0.3, -0.25) is 9.59 Å². The highest BCUT2D eigenvalue weighted by molar-refractivity contribution is 5.96. The minimum atomic E-state index is -0.351. The fourth-order valence-electron chi connectivity index (χ4n) is 3.22. The van der Waals surface area contributed by atoms with Crippen LogP contribution in [0.25, 0.3) is 0 Å². The lowest BCUT2D eigenvalue weighted by atomic mass is 9.82. The highest BCUT2D eigenvalue weighted by atomic mass is 16.5. The molecule has 2 atom stereocenters. The number of benzene rings is 1. The summed E-state index contributed by atoms with van der Waals surface area (Å²) in [6, 6.07) is 9.46. The van der Waals surface area contributed by atoms with E-state index >= 15 is 0 Å². The van der Waals surface area contributed by atoms with Gasteiger partial charge < -0.3 is 10.1 Å². The molecule has 23 heavy (non-hydrogen) atoms. The Morgan fingerprint density at radius 1 is 1.17 bits per heavy atom. The van der Waals surface area contributed by atoms with Crippen LogP contribution in [-0.2, 0) is 9.53 Å². The van der Waals surface area contributed by atoms with Crippen LogP contribution in [-0.4, -0.2) is 30.9 Å². The van der Waals surface area contributed by atoms with Crippen molar-refractivity contribution >= 4 is 11.7 Å². The average Bonchev–Trinajstić information content (AvgIpc) is 2.94. The maximum atomic E-state index is 12.3. The molecule has 1 amide bonds. The maximum Gasteiger partial charge on any atom is 0.220 e. The molecular weight excluding hydrogens is 290 g/mol. The average molecular weight is 317 g/mol. The Morgan fingerprint density at radius 2 is 1.87 bits per heavy atom. The van der Waals surface area contributed by atoms with Crippen LogP contribution in [0.2, 0.25) is 0 Å². The highest BCUT2D eigenvalue weighted by Crippen LogP contribution is 2.28. The second kappa shape index (κ2) is 7.73. The van der Waals surface area contributed by atoms with E-state index in [-0.39, 0.29) is 29.3 Å². The first-order chi connectivity index (χ1) is 10.9. The number of rotatable bonds is 7. The number of hydrogen-bond acceptors (Lipinski definition) is 3. The summed E-state index contributed by atoms with van der Waals surface area (Å²) in [5.41, 5.74) is 0.357. The zero-order chi connectivity index (χ0) is 16.9. The fourth-order valence-corrected chi connectivity index (χ4v) is 3.22. The van der Waals surface area contributed by atoms with E-state index in [0.717, 1.165) is 19.3 Å². The zero-order valence-electron chi connectivity index (χ0n) is 14.3. The Kier molecular flexibility index (Phi) is 5.94. The number of hydrogen-bond donors (Lipinski definition) is 1. The van der Waals surface area contributed by atoms with Crippen molar-refractivity contribution in [2.75, 3.05) is 7.11 Å². The summed E-state index contributed by atoms with van der Waals surface area (Å²) in [6.45, 7) is 3.94. The van der Waals surface area contributed by atoms with Crippen LogP contribution in [0.1, 0.15) is 56.3 Å². The molecule has 1 fully saturated rings. The van der Waals surface area contributed by atoms with Crippen LogP contribution in [0.15, 0.2) is 30.3 Å². The van der Waals surface area contributed by atoms with Gasteiger partial charge in [-0.1, -0.05) is 44.2 Å². The van der Waals surface area contributed by atoms with Gasteiger partial charge in [0.05, 0.1) is 6.10 Å². The molecule has 4 heteroatoms. The van der Waals surface area contributed by atoms with Crippen molar-refractivity contribution < 1.29 is 14.3 Å². The predicted molar refractivity (Wildman–Crippen MR) is 90.4 cm³/mol. The van der Waals surface area contributed by atoms with Crippen LogP contribution < -0.4 is 5.32 Å². The van der Waals surface area contributed by atoms with Gasteiger partial charge in [-0.2, -0.15) is 0 Å². The molecule has 0 bridgehead atoms. The molecule has 1 aromatic rings. The van der Waals surface area contributed by atoms with Crippen molar-refractivity contribution in [3.8, 4) is 0 Å². The second-order valence-electron chi connectivity index (χ2n) is 7.24. The molecule has 0 heterocycles. The molecule has 1 aromatic carbocycles. The summed E-state index contributed by atoms with van der Waals surface area (Å²) < 4.78 is 5.33. The molecule has 0 radical (unpaired) electrons. The van der Waals surface area contributed by atoms with Crippen molar-refractivity contribution in [1.29, 1.82) is 0 Å². The predicted octanol–water partition coefficient (Wildman–Crippen LogP) is 3.36. The third-order valence-corrected chi connectivity index (χ3v) is 4.46. The normalized spacial score (nSPS) is 21.2. The van der Waals surface area contributed by atoms with Gasteiger partial charge in [-0.25, -0.2) is 0 Å². The summed E-state index contributed by atoms with van der Waals surface area (Å²) >= 11 is 0. The van der Waals surface area contributed by atoms with Crippen LogP contribution in [0, 0.1) is 5.41 Å². The molecule has 0 unspecified atom stereocenters. The van der Waals surface area contributed by atoms with Gasteiger partial charge in [0.25, 0.3) is 0 Å². The Bertz CT molecular complexity index is 539. The first kappa shape index (κ1) is 17.7. The molecule has 0 spiro atoms. The lowest BCUT2D eigenvalue weighted by molar-refractivity contribution is -0.123. The van der Waals surface area contributed by atoms with Crippen molar-refractivity contribution in [3.05, 3.63) is 35.9 Å². The largest absolute Gasteiger partial charge is 0.381 e. The van der Waals surface area contributed by atoms with Gasteiger partial charge >= 0.3 is 0 Å². The molecule has 126 valence electrons. The van der Waals surface area contributed by atoms with E-state index in [9.17, 15) is 9.59 Å². The van der Waals surface area contributed by atoms with E-state index in [2.05, 4.69) is 5.32 Å². The third kappa shape index (κ3) is 5.47. The molecule has 1 saturated carbocycles. The number of nitrogens with one attached hydrogen (secondary N) is 1. The number of ketones is 1. The number of carbonyl (C=O) groups is 2. The van der Waals surface area contributed by atoms with E-state index in [0.29, 0.717) is 18.4 Å². The molecule has 1 aliphatic rings. The fraction of sp³-hybridized carbons (Fsp3) is 0.579. The van der Waals surface area contributed by atoms with Gasteiger partial charge in [0.15, 0.2) is 5.78 Å². The Hall–Kier alpha value is -1.68. The quantitative estimate of drug-likeness (QED) is 0.785. The summed E-state index contributed by atoms with van der Waals surface area (Å²) in [5.74, 6) is 0.112. The summed E-state index contributed by atoms with van der Waals surface area (Å²) in [7, 11) is 1.72. The Morgan fingerprint density at radius 3 is 2.48 bits per heavy atom. The van der Waals surface area contributed by atoms with Gasteiger partial charge in [0, 0.05) is 31.6 Å².